The van der Waals surface area contributed by atoms with Gasteiger partial charge in [0.15, 0.2) is 0 Å². The van der Waals surface area contributed by atoms with Crippen LogP contribution in [-0.2, 0) is 6.42 Å². The van der Waals surface area contributed by atoms with E-state index < -0.39 is 0 Å². The lowest BCUT2D eigenvalue weighted by Gasteiger charge is -2.12. The molecule has 0 radical (unpaired) electrons. The molecule has 0 aliphatic heterocycles. The summed E-state index contributed by atoms with van der Waals surface area (Å²) in [5.41, 5.74) is 2.58. The van der Waals surface area contributed by atoms with Crippen LogP contribution in [0.4, 0.5) is 0 Å². The number of benzene rings is 1. The molecule has 2 rings (SSSR count). The maximum atomic E-state index is 9.90. The summed E-state index contributed by atoms with van der Waals surface area (Å²) < 4.78 is 0. The van der Waals surface area contributed by atoms with Crippen molar-refractivity contribution >= 4 is 0 Å². The highest BCUT2D eigenvalue weighted by Crippen LogP contribution is 2.19. The summed E-state index contributed by atoms with van der Waals surface area (Å²) >= 11 is 0. The van der Waals surface area contributed by atoms with Crippen molar-refractivity contribution in [1.82, 2.24) is 5.32 Å². The third-order valence-corrected chi connectivity index (χ3v) is 3.34. The van der Waals surface area contributed by atoms with Crippen molar-refractivity contribution in [2.24, 2.45) is 0 Å². The van der Waals surface area contributed by atoms with Crippen molar-refractivity contribution in [3.05, 3.63) is 35.4 Å². The fraction of sp³-hybridized carbons (Fsp3) is 0.600. The fourth-order valence-electron chi connectivity index (χ4n) is 1.97. The molecular weight excluding hydrogens is 210 g/mol. The Labute approximate surface area is 104 Å². The van der Waals surface area contributed by atoms with Gasteiger partial charge in [-0.25, -0.2) is 0 Å². The van der Waals surface area contributed by atoms with E-state index in [0.717, 1.165) is 13.0 Å². The molecule has 1 saturated carbocycles. The lowest BCUT2D eigenvalue weighted by molar-refractivity contribution is 0.171. The van der Waals surface area contributed by atoms with E-state index in [1.807, 2.05) is 0 Å². The van der Waals surface area contributed by atoms with Crippen LogP contribution in [0.1, 0.15) is 43.7 Å². The Hall–Kier alpha value is -0.860. The van der Waals surface area contributed by atoms with E-state index in [1.165, 1.54) is 24.0 Å². The highest BCUT2D eigenvalue weighted by atomic mass is 16.3. The average molecular weight is 233 g/mol. The van der Waals surface area contributed by atoms with Gasteiger partial charge in [0.2, 0.25) is 0 Å². The second kappa shape index (κ2) is 5.65. The predicted molar refractivity (Wildman–Crippen MR) is 71.3 cm³/mol. The number of hydrogen-bond acceptors (Lipinski definition) is 2. The molecule has 1 fully saturated rings. The molecule has 1 aromatic carbocycles. The Morgan fingerprint density at radius 2 is 1.88 bits per heavy atom. The summed E-state index contributed by atoms with van der Waals surface area (Å²) in [4.78, 5) is 0. The number of nitrogens with one attached hydrogen (secondary N) is 1. The molecule has 0 saturated heterocycles. The molecule has 0 amide bonds. The maximum Gasteiger partial charge on any atom is 0.0704 e. The van der Waals surface area contributed by atoms with Crippen LogP contribution in [0.2, 0.25) is 0 Å². The second-order valence-electron chi connectivity index (χ2n) is 5.44. The molecule has 0 aromatic heterocycles. The van der Waals surface area contributed by atoms with Gasteiger partial charge in [0.05, 0.1) is 6.10 Å². The Balaban J connectivity index is 1.80. The standard InChI is InChI=1S/C15H23NO/c1-11(2)13-5-3-12(4-6-13)9-15(17)10-16-14-7-8-14/h3-6,11,14-17H,7-10H2,1-2H3. The van der Waals surface area contributed by atoms with Crippen molar-refractivity contribution in [1.29, 1.82) is 0 Å². The molecular formula is C15H23NO. The molecule has 1 unspecified atom stereocenters. The molecule has 1 aromatic rings. The van der Waals surface area contributed by atoms with Crippen LogP contribution in [0.15, 0.2) is 24.3 Å². The molecule has 2 heteroatoms. The van der Waals surface area contributed by atoms with Gasteiger partial charge in [-0.05, 0) is 36.3 Å². The molecule has 2 nitrogen and oxygen atoms in total. The molecule has 1 atom stereocenters. The molecule has 0 heterocycles. The van der Waals surface area contributed by atoms with Crippen LogP contribution >= 0.6 is 0 Å². The second-order valence-corrected chi connectivity index (χ2v) is 5.44. The molecule has 1 aliphatic carbocycles. The van der Waals surface area contributed by atoms with Crippen molar-refractivity contribution < 1.29 is 5.11 Å². The quantitative estimate of drug-likeness (QED) is 0.791. The normalized spacial score (nSPS) is 17.4. The SMILES string of the molecule is CC(C)c1ccc(CC(O)CNC2CC2)cc1. The van der Waals surface area contributed by atoms with Crippen molar-refractivity contribution in [2.45, 2.75) is 51.2 Å². The van der Waals surface area contributed by atoms with Gasteiger partial charge in [-0.15, -0.1) is 0 Å². The average Bonchev–Trinajstić information content (AvgIpc) is 3.11. The van der Waals surface area contributed by atoms with Gasteiger partial charge in [-0.3, -0.25) is 0 Å². The predicted octanol–water partition coefficient (Wildman–Crippen LogP) is 2.47. The first-order chi connectivity index (χ1) is 8.15. The highest BCUT2D eigenvalue weighted by Gasteiger charge is 2.21. The van der Waals surface area contributed by atoms with E-state index in [4.69, 9.17) is 0 Å². The number of aliphatic hydroxyl groups excluding tert-OH is 1. The van der Waals surface area contributed by atoms with Crippen LogP contribution in [0.5, 0.6) is 0 Å². The molecule has 1 aliphatic rings. The van der Waals surface area contributed by atoms with E-state index >= 15 is 0 Å². The van der Waals surface area contributed by atoms with E-state index in [2.05, 4.69) is 43.4 Å². The summed E-state index contributed by atoms with van der Waals surface area (Å²) in [6.07, 6.45) is 3.03. The third-order valence-electron chi connectivity index (χ3n) is 3.34. The summed E-state index contributed by atoms with van der Waals surface area (Å²) in [6, 6.07) is 9.28. The lowest BCUT2D eigenvalue weighted by Crippen LogP contribution is -2.29. The largest absolute Gasteiger partial charge is 0.391 e. The first-order valence-corrected chi connectivity index (χ1v) is 6.65. The number of hydrogen-bond donors (Lipinski definition) is 2. The molecule has 94 valence electrons. The first kappa shape index (κ1) is 12.6. The molecule has 0 bridgehead atoms. The first-order valence-electron chi connectivity index (χ1n) is 6.65. The zero-order valence-corrected chi connectivity index (χ0v) is 10.8. The van der Waals surface area contributed by atoms with Crippen LogP contribution in [0.25, 0.3) is 0 Å². The molecule has 0 spiro atoms. The van der Waals surface area contributed by atoms with Gasteiger partial charge in [0.1, 0.15) is 0 Å². The monoisotopic (exact) mass is 233 g/mol. The zero-order valence-electron chi connectivity index (χ0n) is 10.8. The van der Waals surface area contributed by atoms with Crippen molar-refractivity contribution in [2.75, 3.05) is 6.54 Å². The third kappa shape index (κ3) is 4.14. The van der Waals surface area contributed by atoms with Crippen LogP contribution in [0.3, 0.4) is 0 Å². The zero-order chi connectivity index (χ0) is 12.3. The Bertz CT molecular complexity index is 340. The minimum atomic E-state index is -0.263. The summed E-state index contributed by atoms with van der Waals surface area (Å²) in [5, 5.41) is 13.3. The Morgan fingerprint density at radius 3 is 2.41 bits per heavy atom. The van der Waals surface area contributed by atoms with E-state index in [0.29, 0.717) is 12.0 Å². The Morgan fingerprint density at radius 1 is 1.24 bits per heavy atom. The lowest BCUT2D eigenvalue weighted by atomic mass is 10.00. The van der Waals surface area contributed by atoms with Crippen LogP contribution in [0, 0.1) is 0 Å². The van der Waals surface area contributed by atoms with E-state index in [1.54, 1.807) is 0 Å². The van der Waals surface area contributed by atoms with Crippen molar-refractivity contribution in [3.8, 4) is 0 Å². The van der Waals surface area contributed by atoms with Gasteiger partial charge in [0, 0.05) is 12.6 Å². The number of rotatable bonds is 6. The smallest absolute Gasteiger partial charge is 0.0704 e. The maximum absolute atomic E-state index is 9.90. The highest BCUT2D eigenvalue weighted by molar-refractivity contribution is 5.25. The van der Waals surface area contributed by atoms with E-state index in [9.17, 15) is 5.11 Å². The fourth-order valence-corrected chi connectivity index (χ4v) is 1.97. The Kier molecular flexibility index (Phi) is 4.19. The van der Waals surface area contributed by atoms with E-state index in [-0.39, 0.29) is 6.10 Å². The number of aliphatic hydroxyl groups is 1. The van der Waals surface area contributed by atoms with Crippen LogP contribution < -0.4 is 5.32 Å². The molecule has 2 N–H and O–H groups in total. The summed E-state index contributed by atoms with van der Waals surface area (Å²) in [5.74, 6) is 0.575. The summed E-state index contributed by atoms with van der Waals surface area (Å²) in [6.45, 7) is 5.11. The minimum Gasteiger partial charge on any atom is -0.391 e. The van der Waals surface area contributed by atoms with Crippen molar-refractivity contribution in [3.63, 3.8) is 0 Å². The van der Waals surface area contributed by atoms with Gasteiger partial charge in [-0.1, -0.05) is 38.1 Å². The summed E-state index contributed by atoms with van der Waals surface area (Å²) in [7, 11) is 0. The van der Waals surface area contributed by atoms with Crippen LogP contribution in [-0.4, -0.2) is 23.8 Å². The van der Waals surface area contributed by atoms with Gasteiger partial charge in [0.25, 0.3) is 0 Å². The van der Waals surface area contributed by atoms with Gasteiger partial charge >= 0.3 is 0 Å². The van der Waals surface area contributed by atoms with Gasteiger partial charge in [-0.2, -0.15) is 0 Å². The van der Waals surface area contributed by atoms with Gasteiger partial charge < -0.3 is 10.4 Å². The topological polar surface area (TPSA) is 32.3 Å². The minimum absolute atomic E-state index is 0.263. The molecule has 17 heavy (non-hydrogen) atoms.